The number of aromatic nitrogens is 1. The first-order chi connectivity index (χ1) is 9.78. The van der Waals surface area contributed by atoms with Crippen LogP contribution in [0.1, 0.15) is 11.1 Å². The molecule has 0 aliphatic heterocycles. The zero-order chi connectivity index (χ0) is 14.4. The van der Waals surface area contributed by atoms with E-state index in [4.69, 9.17) is 19.9 Å². The third kappa shape index (κ3) is 3.19. The first-order valence-electron chi connectivity index (χ1n) is 6.26. The van der Waals surface area contributed by atoms with E-state index in [9.17, 15) is 0 Å². The van der Waals surface area contributed by atoms with Crippen molar-refractivity contribution < 1.29 is 14.2 Å². The lowest BCUT2D eigenvalue weighted by molar-refractivity contribution is 0.290. The van der Waals surface area contributed by atoms with E-state index in [2.05, 4.69) is 4.98 Å². The van der Waals surface area contributed by atoms with Gasteiger partial charge in [-0.05, 0) is 30.3 Å². The standard InChI is InChI=1S/C15H18N2O3/c1-18-13-5-6-14(12(8-13)9-16)20-10-11-4-3-7-17-15(11)19-2/h3-8H,9-10,16H2,1-2H3. The molecule has 20 heavy (non-hydrogen) atoms. The highest BCUT2D eigenvalue weighted by Crippen LogP contribution is 2.25. The molecule has 5 heteroatoms. The normalized spacial score (nSPS) is 10.2. The fraction of sp³-hybridized carbons (Fsp3) is 0.267. The Morgan fingerprint density at radius 1 is 1.10 bits per heavy atom. The van der Waals surface area contributed by atoms with Crippen molar-refractivity contribution in [2.75, 3.05) is 14.2 Å². The molecule has 0 saturated carbocycles. The molecule has 0 atom stereocenters. The summed E-state index contributed by atoms with van der Waals surface area (Å²) < 4.78 is 16.2. The van der Waals surface area contributed by atoms with Crippen LogP contribution < -0.4 is 19.9 Å². The summed E-state index contributed by atoms with van der Waals surface area (Å²) in [6.07, 6.45) is 1.68. The summed E-state index contributed by atoms with van der Waals surface area (Å²) in [5.74, 6) is 2.06. The van der Waals surface area contributed by atoms with Gasteiger partial charge >= 0.3 is 0 Å². The third-order valence-electron chi connectivity index (χ3n) is 2.91. The highest BCUT2D eigenvalue weighted by Gasteiger charge is 2.08. The first-order valence-corrected chi connectivity index (χ1v) is 6.26. The van der Waals surface area contributed by atoms with Gasteiger partial charge in [0, 0.05) is 18.3 Å². The molecular weight excluding hydrogens is 256 g/mol. The van der Waals surface area contributed by atoms with Crippen molar-refractivity contribution in [1.29, 1.82) is 0 Å². The maximum Gasteiger partial charge on any atom is 0.219 e. The summed E-state index contributed by atoms with van der Waals surface area (Å²) in [4.78, 5) is 4.13. The Morgan fingerprint density at radius 2 is 1.95 bits per heavy atom. The second kappa shape index (κ2) is 6.77. The molecule has 2 rings (SSSR count). The van der Waals surface area contributed by atoms with Crippen molar-refractivity contribution in [3.63, 3.8) is 0 Å². The summed E-state index contributed by atoms with van der Waals surface area (Å²) in [6, 6.07) is 9.32. The lowest BCUT2D eigenvalue weighted by atomic mass is 10.2. The van der Waals surface area contributed by atoms with E-state index >= 15 is 0 Å². The van der Waals surface area contributed by atoms with Gasteiger partial charge in [0.1, 0.15) is 18.1 Å². The van der Waals surface area contributed by atoms with Crippen molar-refractivity contribution in [3.05, 3.63) is 47.7 Å². The van der Waals surface area contributed by atoms with Crippen LogP contribution in [0.3, 0.4) is 0 Å². The number of nitrogens with two attached hydrogens (primary N) is 1. The Balaban J connectivity index is 2.14. The highest BCUT2D eigenvalue weighted by atomic mass is 16.5. The lowest BCUT2D eigenvalue weighted by Crippen LogP contribution is -2.04. The van der Waals surface area contributed by atoms with Gasteiger partial charge in [-0.15, -0.1) is 0 Å². The number of hydrogen-bond acceptors (Lipinski definition) is 5. The molecule has 5 nitrogen and oxygen atoms in total. The second-order valence-electron chi connectivity index (χ2n) is 4.14. The molecule has 0 saturated heterocycles. The molecule has 1 heterocycles. The van der Waals surface area contributed by atoms with Crippen molar-refractivity contribution in [2.24, 2.45) is 5.73 Å². The predicted molar refractivity (Wildman–Crippen MR) is 76.0 cm³/mol. The van der Waals surface area contributed by atoms with Gasteiger partial charge < -0.3 is 19.9 Å². The van der Waals surface area contributed by atoms with Gasteiger partial charge in [0.05, 0.1) is 19.8 Å². The second-order valence-corrected chi connectivity index (χ2v) is 4.14. The molecule has 0 fully saturated rings. The van der Waals surface area contributed by atoms with E-state index in [1.807, 2.05) is 30.3 Å². The van der Waals surface area contributed by atoms with E-state index in [0.29, 0.717) is 19.0 Å². The van der Waals surface area contributed by atoms with Gasteiger partial charge in [0.25, 0.3) is 0 Å². The molecule has 1 aromatic carbocycles. The zero-order valence-electron chi connectivity index (χ0n) is 11.6. The summed E-state index contributed by atoms with van der Waals surface area (Å²) in [7, 11) is 3.21. The van der Waals surface area contributed by atoms with Crippen LogP contribution in [0.4, 0.5) is 0 Å². The largest absolute Gasteiger partial charge is 0.497 e. The maximum atomic E-state index is 5.80. The number of benzene rings is 1. The van der Waals surface area contributed by atoms with E-state index in [1.165, 1.54) is 0 Å². The molecule has 106 valence electrons. The van der Waals surface area contributed by atoms with Gasteiger partial charge in [-0.1, -0.05) is 0 Å². The van der Waals surface area contributed by atoms with Gasteiger partial charge in [-0.3, -0.25) is 0 Å². The average Bonchev–Trinajstić information content (AvgIpc) is 2.52. The van der Waals surface area contributed by atoms with Crippen LogP contribution in [0, 0.1) is 0 Å². The molecule has 0 aliphatic carbocycles. The zero-order valence-corrected chi connectivity index (χ0v) is 11.6. The van der Waals surface area contributed by atoms with Crippen LogP contribution in [-0.2, 0) is 13.2 Å². The maximum absolute atomic E-state index is 5.80. The molecule has 0 aliphatic rings. The van der Waals surface area contributed by atoms with E-state index in [1.54, 1.807) is 20.4 Å². The molecule has 0 radical (unpaired) electrons. The van der Waals surface area contributed by atoms with Crippen molar-refractivity contribution >= 4 is 0 Å². The van der Waals surface area contributed by atoms with Crippen LogP contribution in [-0.4, -0.2) is 19.2 Å². The van der Waals surface area contributed by atoms with Gasteiger partial charge in [-0.2, -0.15) is 0 Å². The number of hydrogen-bond donors (Lipinski definition) is 1. The Labute approximate surface area is 118 Å². The van der Waals surface area contributed by atoms with Gasteiger partial charge in [-0.25, -0.2) is 4.98 Å². The van der Waals surface area contributed by atoms with Crippen LogP contribution in [0.15, 0.2) is 36.5 Å². The Hall–Kier alpha value is -2.27. The van der Waals surface area contributed by atoms with Crippen molar-refractivity contribution in [1.82, 2.24) is 4.98 Å². The first kappa shape index (κ1) is 14.1. The molecule has 2 aromatic rings. The molecule has 0 bridgehead atoms. The molecule has 0 amide bonds. The van der Waals surface area contributed by atoms with E-state index in [0.717, 1.165) is 22.6 Å². The van der Waals surface area contributed by atoms with E-state index < -0.39 is 0 Å². The minimum atomic E-state index is 0.371. The minimum Gasteiger partial charge on any atom is -0.497 e. The summed E-state index contributed by atoms with van der Waals surface area (Å²) in [6.45, 7) is 0.757. The monoisotopic (exact) mass is 274 g/mol. The SMILES string of the molecule is COc1ccc(OCc2cccnc2OC)c(CN)c1. The van der Waals surface area contributed by atoms with Crippen LogP contribution >= 0.6 is 0 Å². The number of ether oxygens (including phenoxy) is 3. The molecule has 1 aromatic heterocycles. The minimum absolute atomic E-state index is 0.371. The number of methoxy groups -OCH3 is 2. The van der Waals surface area contributed by atoms with E-state index in [-0.39, 0.29) is 0 Å². The average molecular weight is 274 g/mol. The molecule has 2 N–H and O–H groups in total. The third-order valence-corrected chi connectivity index (χ3v) is 2.91. The number of nitrogens with zero attached hydrogens (tertiary/aromatic N) is 1. The summed E-state index contributed by atoms with van der Waals surface area (Å²) in [5.41, 5.74) is 7.51. The Morgan fingerprint density at radius 3 is 2.65 bits per heavy atom. The van der Waals surface area contributed by atoms with Gasteiger partial charge in [0.15, 0.2) is 0 Å². The smallest absolute Gasteiger partial charge is 0.219 e. The van der Waals surface area contributed by atoms with Crippen LogP contribution in [0.25, 0.3) is 0 Å². The predicted octanol–water partition coefficient (Wildman–Crippen LogP) is 2.14. The van der Waals surface area contributed by atoms with Crippen LogP contribution in [0.5, 0.6) is 17.4 Å². The number of rotatable bonds is 6. The quantitative estimate of drug-likeness (QED) is 0.874. The fourth-order valence-electron chi connectivity index (χ4n) is 1.86. The fourth-order valence-corrected chi connectivity index (χ4v) is 1.86. The Kier molecular flexibility index (Phi) is 4.79. The topological polar surface area (TPSA) is 66.6 Å². The summed E-state index contributed by atoms with van der Waals surface area (Å²) in [5, 5.41) is 0. The van der Waals surface area contributed by atoms with Crippen molar-refractivity contribution in [2.45, 2.75) is 13.2 Å². The Bertz CT molecular complexity index is 573. The van der Waals surface area contributed by atoms with Gasteiger partial charge in [0.2, 0.25) is 5.88 Å². The van der Waals surface area contributed by atoms with Crippen molar-refractivity contribution in [3.8, 4) is 17.4 Å². The highest BCUT2D eigenvalue weighted by molar-refractivity contribution is 5.40. The van der Waals surface area contributed by atoms with Crippen LogP contribution in [0.2, 0.25) is 0 Å². The molecule has 0 spiro atoms. The molecule has 0 unspecified atom stereocenters. The number of pyridine rings is 1. The summed E-state index contributed by atoms with van der Waals surface area (Å²) >= 11 is 0. The molecular formula is C15H18N2O3. The lowest BCUT2D eigenvalue weighted by Gasteiger charge is -2.13.